The van der Waals surface area contributed by atoms with E-state index in [0.29, 0.717) is 5.92 Å². The Labute approximate surface area is 103 Å². The lowest BCUT2D eigenvalue weighted by molar-refractivity contribution is 0.288. The van der Waals surface area contributed by atoms with E-state index in [4.69, 9.17) is 0 Å². The van der Waals surface area contributed by atoms with E-state index in [1.54, 1.807) is 0 Å². The number of hydrogen-bond donors (Lipinski definition) is 0. The number of fused-ring (bicyclic) bond motifs is 1. The Morgan fingerprint density at radius 3 is 2.88 bits per heavy atom. The van der Waals surface area contributed by atoms with Gasteiger partial charge in [0, 0.05) is 19.6 Å². The number of nitrogens with zero attached hydrogens (tertiary/aromatic N) is 2. The second-order valence-electron chi connectivity index (χ2n) is 5.51. The summed E-state index contributed by atoms with van der Waals surface area (Å²) in [5.41, 5.74) is 1.34. The third-order valence-electron chi connectivity index (χ3n) is 4.41. The van der Waals surface area contributed by atoms with Crippen molar-refractivity contribution in [3.05, 3.63) is 35.9 Å². The maximum atomic E-state index is 9.43. The van der Waals surface area contributed by atoms with Gasteiger partial charge in [-0.1, -0.05) is 36.8 Å². The van der Waals surface area contributed by atoms with Crippen molar-refractivity contribution in [2.75, 3.05) is 13.1 Å². The molecule has 2 nitrogen and oxygen atoms in total. The Morgan fingerprint density at radius 1 is 1.35 bits per heavy atom. The molecule has 1 aromatic rings. The van der Waals surface area contributed by atoms with E-state index in [-0.39, 0.29) is 5.41 Å². The van der Waals surface area contributed by atoms with E-state index in [1.807, 2.05) is 0 Å². The monoisotopic (exact) mass is 226 g/mol. The number of benzene rings is 1. The molecule has 0 N–H and O–H groups in total. The molecule has 2 heteroatoms. The minimum absolute atomic E-state index is 0.0191. The summed E-state index contributed by atoms with van der Waals surface area (Å²) in [6, 6.07) is 13.2. The van der Waals surface area contributed by atoms with Crippen LogP contribution in [0.25, 0.3) is 0 Å². The molecule has 0 spiro atoms. The molecular weight excluding hydrogens is 208 g/mol. The quantitative estimate of drug-likeness (QED) is 0.775. The van der Waals surface area contributed by atoms with E-state index in [1.165, 1.54) is 18.4 Å². The maximum absolute atomic E-state index is 9.43. The zero-order valence-corrected chi connectivity index (χ0v) is 10.1. The normalized spacial score (nSPS) is 32.3. The first-order chi connectivity index (χ1) is 8.32. The third kappa shape index (κ3) is 1.85. The molecule has 1 saturated heterocycles. The van der Waals surface area contributed by atoms with E-state index < -0.39 is 0 Å². The number of hydrogen-bond acceptors (Lipinski definition) is 2. The molecule has 1 saturated carbocycles. The Morgan fingerprint density at radius 2 is 2.18 bits per heavy atom. The molecule has 88 valence electrons. The molecule has 2 unspecified atom stereocenters. The minimum atomic E-state index is -0.0191. The molecule has 0 radical (unpaired) electrons. The van der Waals surface area contributed by atoms with Gasteiger partial charge in [0.2, 0.25) is 0 Å². The molecule has 0 aromatic heterocycles. The molecule has 1 heterocycles. The van der Waals surface area contributed by atoms with Crippen LogP contribution < -0.4 is 0 Å². The van der Waals surface area contributed by atoms with E-state index in [2.05, 4.69) is 41.3 Å². The summed E-state index contributed by atoms with van der Waals surface area (Å²) in [4.78, 5) is 2.46. The fraction of sp³-hybridized carbons (Fsp3) is 0.533. The van der Waals surface area contributed by atoms with E-state index >= 15 is 0 Å². The molecule has 3 rings (SSSR count). The first-order valence-corrected chi connectivity index (χ1v) is 6.50. The van der Waals surface area contributed by atoms with E-state index in [0.717, 1.165) is 26.1 Å². The molecule has 0 amide bonds. The van der Waals surface area contributed by atoms with Crippen LogP contribution in [-0.4, -0.2) is 18.0 Å². The Kier molecular flexibility index (Phi) is 2.64. The molecule has 1 aliphatic carbocycles. The summed E-state index contributed by atoms with van der Waals surface area (Å²) in [5.74, 6) is 0.621. The van der Waals surface area contributed by atoms with Crippen LogP contribution in [0.2, 0.25) is 0 Å². The highest BCUT2D eigenvalue weighted by Crippen LogP contribution is 2.48. The van der Waals surface area contributed by atoms with Crippen molar-refractivity contribution in [3.8, 4) is 6.07 Å². The standard InChI is InChI=1S/C15H18N2/c16-11-15-8-4-7-14(15)10-17(12-15)9-13-5-2-1-3-6-13/h1-3,5-6,14H,4,7-10,12H2. The number of rotatable bonds is 2. The molecule has 2 atom stereocenters. The van der Waals surface area contributed by atoms with Crippen LogP contribution in [0.1, 0.15) is 24.8 Å². The summed E-state index contributed by atoms with van der Waals surface area (Å²) in [6.07, 6.45) is 3.61. The smallest absolute Gasteiger partial charge is 0.0741 e. The topological polar surface area (TPSA) is 27.0 Å². The average Bonchev–Trinajstić information content (AvgIpc) is 2.87. The molecule has 0 bridgehead atoms. The summed E-state index contributed by atoms with van der Waals surface area (Å²) < 4.78 is 0. The van der Waals surface area contributed by atoms with Gasteiger partial charge in [-0.25, -0.2) is 0 Å². The van der Waals surface area contributed by atoms with Crippen LogP contribution in [0.15, 0.2) is 30.3 Å². The predicted molar refractivity (Wildman–Crippen MR) is 67.1 cm³/mol. The molecule has 2 aliphatic rings. The first kappa shape index (κ1) is 10.8. The van der Waals surface area contributed by atoms with Crippen LogP contribution in [0.3, 0.4) is 0 Å². The van der Waals surface area contributed by atoms with Gasteiger partial charge in [-0.3, -0.25) is 4.90 Å². The fourth-order valence-electron chi connectivity index (χ4n) is 3.54. The van der Waals surface area contributed by atoms with Crippen LogP contribution in [0.5, 0.6) is 0 Å². The largest absolute Gasteiger partial charge is 0.297 e. The van der Waals surface area contributed by atoms with Crippen LogP contribution in [0.4, 0.5) is 0 Å². The highest BCUT2D eigenvalue weighted by Gasteiger charge is 2.49. The van der Waals surface area contributed by atoms with Crippen molar-refractivity contribution < 1.29 is 0 Å². The SMILES string of the molecule is N#CC12CCCC1CN(Cc1ccccc1)C2. The molecular formula is C15H18N2. The van der Waals surface area contributed by atoms with Crippen molar-refractivity contribution in [2.24, 2.45) is 11.3 Å². The lowest BCUT2D eigenvalue weighted by atomic mass is 9.82. The average molecular weight is 226 g/mol. The Hall–Kier alpha value is -1.33. The fourth-order valence-corrected chi connectivity index (χ4v) is 3.54. The van der Waals surface area contributed by atoms with Gasteiger partial charge in [0.25, 0.3) is 0 Å². The second kappa shape index (κ2) is 4.16. The van der Waals surface area contributed by atoms with Gasteiger partial charge in [0.05, 0.1) is 11.5 Å². The van der Waals surface area contributed by atoms with Gasteiger partial charge < -0.3 is 0 Å². The van der Waals surface area contributed by atoms with Gasteiger partial charge >= 0.3 is 0 Å². The summed E-state index contributed by atoms with van der Waals surface area (Å²) >= 11 is 0. The lowest BCUT2D eigenvalue weighted by Crippen LogP contribution is -2.25. The molecule has 17 heavy (non-hydrogen) atoms. The molecule has 1 aromatic carbocycles. The van der Waals surface area contributed by atoms with Gasteiger partial charge in [-0.2, -0.15) is 5.26 Å². The first-order valence-electron chi connectivity index (χ1n) is 6.50. The third-order valence-corrected chi connectivity index (χ3v) is 4.41. The molecule has 1 aliphatic heterocycles. The summed E-state index contributed by atoms with van der Waals surface area (Å²) in [6.45, 7) is 3.09. The Balaban J connectivity index is 1.71. The van der Waals surface area contributed by atoms with Crippen molar-refractivity contribution in [3.63, 3.8) is 0 Å². The van der Waals surface area contributed by atoms with Gasteiger partial charge in [0.15, 0.2) is 0 Å². The number of nitriles is 1. The molecule has 2 fully saturated rings. The van der Waals surface area contributed by atoms with E-state index in [9.17, 15) is 5.26 Å². The van der Waals surface area contributed by atoms with Crippen LogP contribution >= 0.6 is 0 Å². The van der Waals surface area contributed by atoms with Gasteiger partial charge in [0.1, 0.15) is 0 Å². The summed E-state index contributed by atoms with van der Waals surface area (Å²) in [5, 5.41) is 9.43. The predicted octanol–water partition coefficient (Wildman–Crippen LogP) is 2.81. The van der Waals surface area contributed by atoms with Crippen molar-refractivity contribution in [1.82, 2.24) is 4.90 Å². The minimum Gasteiger partial charge on any atom is -0.297 e. The van der Waals surface area contributed by atoms with Gasteiger partial charge in [-0.05, 0) is 24.3 Å². The van der Waals surface area contributed by atoms with Crippen LogP contribution in [0, 0.1) is 22.7 Å². The lowest BCUT2D eigenvalue weighted by Gasteiger charge is -2.20. The highest BCUT2D eigenvalue weighted by atomic mass is 15.2. The van der Waals surface area contributed by atoms with Crippen molar-refractivity contribution in [2.45, 2.75) is 25.8 Å². The van der Waals surface area contributed by atoms with Gasteiger partial charge in [-0.15, -0.1) is 0 Å². The Bertz CT molecular complexity index is 434. The summed E-state index contributed by atoms with van der Waals surface area (Å²) in [7, 11) is 0. The van der Waals surface area contributed by atoms with Crippen molar-refractivity contribution >= 4 is 0 Å². The number of likely N-dealkylation sites (tertiary alicyclic amines) is 1. The van der Waals surface area contributed by atoms with Crippen LogP contribution in [-0.2, 0) is 6.54 Å². The highest BCUT2D eigenvalue weighted by molar-refractivity contribution is 5.17. The second-order valence-corrected chi connectivity index (χ2v) is 5.51. The zero-order chi connectivity index (χ0) is 11.7. The maximum Gasteiger partial charge on any atom is 0.0741 e. The van der Waals surface area contributed by atoms with Crippen molar-refractivity contribution in [1.29, 1.82) is 5.26 Å². The zero-order valence-electron chi connectivity index (χ0n) is 10.1.